The van der Waals surface area contributed by atoms with E-state index in [0.29, 0.717) is 12.2 Å². The number of hydrogen-bond donors (Lipinski definition) is 0. The minimum atomic E-state index is -5.77. The van der Waals surface area contributed by atoms with Crippen LogP contribution in [-0.2, 0) is 21.5 Å². The van der Waals surface area contributed by atoms with Gasteiger partial charge in [-0.2, -0.15) is 26.3 Å². The third-order valence-electron chi connectivity index (χ3n) is 4.43. The Kier molecular flexibility index (Phi) is 7.41. The second kappa shape index (κ2) is 9.26. The van der Waals surface area contributed by atoms with Crippen molar-refractivity contribution in [2.24, 2.45) is 0 Å². The molecule has 0 unspecified atom stereocenters. The van der Waals surface area contributed by atoms with E-state index in [-0.39, 0.29) is 17.7 Å². The van der Waals surface area contributed by atoms with Gasteiger partial charge < -0.3 is 14.2 Å². The van der Waals surface area contributed by atoms with Gasteiger partial charge in [-0.15, -0.1) is 0 Å². The summed E-state index contributed by atoms with van der Waals surface area (Å²) in [6.07, 6.45) is -10.8. The summed E-state index contributed by atoms with van der Waals surface area (Å²) in [6.45, 7) is 2.43. The quantitative estimate of drug-likeness (QED) is 0.341. The van der Waals surface area contributed by atoms with Crippen LogP contribution < -0.4 is 4.74 Å². The van der Waals surface area contributed by atoms with Gasteiger partial charge in [0.05, 0.1) is 0 Å². The average Bonchev–Trinajstić information content (AvgIpc) is 2.64. The number of halogens is 6. The standard InChI is InChI=1S/C21H22F6O3/c1-4-5-15-12-16(8-11-18(15)30-17-9-6-14(2)7-10-17)19(20(22,23)24,21(25,26)27)29-13-28-3/h6-12H,4-5,13H2,1-3H3. The summed E-state index contributed by atoms with van der Waals surface area (Å²) < 4.78 is 96.9. The molecule has 0 spiro atoms. The SMILES string of the molecule is CCCc1cc(C(OCOC)(C(F)(F)F)C(F)(F)F)ccc1Oc1ccc(C)cc1. The summed E-state index contributed by atoms with van der Waals surface area (Å²) in [6, 6.07) is 9.54. The minimum absolute atomic E-state index is 0.175. The topological polar surface area (TPSA) is 27.7 Å². The molecule has 166 valence electrons. The number of benzene rings is 2. The molecule has 0 fully saturated rings. The summed E-state index contributed by atoms with van der Waals surface area (Å²) in [4.78, 5) is 0. The predicted octanol–water partition coefficient (Wildman–Crippen LogP) is 6.68. The van der Waals surface area contributed by atoms with Gasteiger partial charge in [-0.25, -0.2) is 0 Å². The van der Waals surface area contributed by atoms with Gasteiger partial charge in [0.25, 0.3) is 5.60 Å². The van der Waals surface area contributed by atoms with Gasteiger partial charge >= 0.3 is 12.4 Å². The first-order chi connectivity index (χ1) is 14.0. The first-order valence-corrected chi connectivity index (χ1v) is 9.10. The molecule has 2 aromatic rings. The van der Waals surface area contributed by atoms with Crippen LogP contribution >= 0.6 is 0 Å². The molecule has 0 N–H and O–H groups in total. The molecule has 0 aliphatic carbocycles. The van der Waals surface area contributed by atoms with Crippen molar-refractivity contribution in [1.29, 1.82) is 0 Å². The summed E-state index contributed by atoms with van der Waals surface area (Å²) in [5.74, 6) is 0.591. The van der Waals surface area contributed by atoms with Gasteiger partial charge in [-0.05, 0) is 43.2 Å². The highest BCUT2D eigenvalue weighted by atomic mass is 19.4. The normalized spacial score (nSPS) is 12.8. The Balaban J connectivity index is 2.59. The van der Waals surface area contributed by atoms with Crippen molar-refractivity contribution in [3.05, 3.63) is 59.2 Å². The van der Waals surface area contributed by atoms with Crippen molar-refractivity contribution in [3.63, 3.8) is 0 Å². The molecule has 3 nitrogen and oxygen atoms in total. The molecule has 9 heteroatoms. The molecule has 0 aromatic heterocycles. The van der Waals surface area contributed by atoms with E-state index in [0.717, 1.165) is 30.9 Å². The second-order valence-electron chi connectivity index (χ2n) is 6.72. The third-order valence-corrected chi connectivity index (χ3v) is 4.43. The zero-order valence-electron chi connectivity index (χ0n) is 16.7. The lowest BCUT2D eigenvalue weighted by Gasteiger charge is -2.37. The predicted molar refractivity (Wildman–Crippen MR) is 98.4 cm³/mol. The van der Waals surface area contributed by atoms with E-state index in [1.807, 2.05) is 6.92 Å². The van der Waals surface area contributed by atoms with Gasteiger partial charge in [0.15, 0.2) is 0 Å². The first-order valence-electron chi connectivity index (χ1n) is 9.10. The Morgan fingerprint density at radius 3 is 1.97 bits per heavy atom. The van der Waals surface area contributed by atoms with E-state index < -0.39 is 30.3 Å². The van der Waals surface area contributed by atoms with Crippen molar-refractivity contribution in [3.8, 4) is 11.5 Å². The molecule has 0 saturated heterocycles. The largest absolute Gasteiger partial charge is 0.457 e. The highest BCUT2D eigenvalue weighted by Crippen LogP contribution is 2.53. The number of methoxy groups -OCH3 is 1. The fourth-order valence-corrected chi connectivity index (χ4v) is 2.98. The van der Waals surface area contributed by atoms with Crippen molar-refractivity contribution in [2.45, 2.75) is 44.6 Å². The lowest BCUT2D eigenvalue weighted by atomic mass is 9.89. The lowest BCUT2D eigenvalue weighted by molar-refractivity contribution is -0.400. The monoisotopic (exact) mass is 436 g/mol. The van der Waals surface area contributed by atoms with Crippen molar-refractivity contribution >= 4 is 0 Å². The van der Waals surface area contributed by atoms with Crippen LogP contribution in [0.3, 0.4) is 0 Å². The Morgan fingerprint density at radius 1 is 0.867 bits per heavy atom. The number of rotatable bonds is 8. The zero-order chi connectivity index (χ0) is 22.6. The fourth-order valence-electron chi connectivity index (χ4n) is 2.98. The smallest absolute Gasteiger partial charge is 0.430 e. The lowest BCUT2D eigenvalue weighted by Crippen LogP contribution is -2.56. The van der Waals surface area contributed by atoms with Crippen LogP contribution in [0.5, 0.6) is 11.5 Å². The third kappa shape index (κ3) is 4.89. The van der Waals surface area contributed by atoms with Crippen LogP contribution in [0.1, 0.15) is 30.0 Å². The summed E-state index contributed by atoms with van der Waals surface area (Å²) in [5, 5.41) is 0. The van der Waals surface area contributed by atoms with E-state index in [4.69, 9.17) is 4.74 Å². The zero-order valence-corrected chi connectivity index (χ0v) is 16.7. The number of hydrogen-bond acceptors (Lipinski definition) is 3. The molecule has 2 aromatic carbocycles. The average molecular weight is 436 g/mol. The Hall–Kier alpha value is -2.26. The number of ether oxygens (including phenoxy) is 3. The van der Waals surface area contributed by atoms with Gasteiger partial charge in [-0.3, -0.25) is 0 Å². The molecule has 30 heavy (non-hydrogen) atoms. The Bertz CT molecular complexity index is 814. The highest BCUT2D eigenvalue weighted by Gasteiger charge is 2.73. The second-order valence-corrected chi connectivity index (χ2v) is 6.72. The minimum Gasteiger partial charge on any atom is -0.457 e. The van der Waals surface area contributed by atoms with E-state index in [2.05, 4.69) is 9.47 Å². The van der Waals surface area contributed by atoms with E-state index >= 15 is 0 Å². The Morgan fingerprint density at radius 2 is 1.47 bits per heavy atom. The summed E-state index contributed by atoms with van der Waals surface area (Å²) in [5.41, 5.74) is -4.43. The maximum atomic E-state index is 13.8. The van der Waals surface area contributed by atoms with Crippen LogP contribution in [0.4, 0.5) is 26.3 Å². The summed E-state index contributed by atoms with van der Waals surface area (Å²) >= 11 is 0. The highest BCUT2D eigenvalue weighted by molar-refractivity contribution is 5.43. The Labute approximate surface area is 170 Å². The molecule has 0 heterocycles. The fraction of sp³-hybridized carbons (Fsp3) is 0.429. The van der Waals surface area contributed by atoms with Crippen molar-refractivity contribution in [1.82, 2.24) is 0 Å². The van der Waals surface area contributed by atoms with Crippen molar-refractivity contribution < 1.29 is 40.6 Å². The molecule has 2 rings (SSSR count). The first kappa shape index (κ1) is 24.0. The number of alkyl halides is 6. The molecule has 0 saturated carbocycles. The van der Waals surface area contributed by atoms with Crippen LogP contribution in [0.25, 0.3) is 0 Å². The molecule has 0 amide bonds. The molecule has 0 aliphatic rings. The molecule has 0 radical (unpaired) electrons. The maximum Gasteiger partial charge on any atom is 0.430 e. The van der Waals surface area contributed by atoms with Crippen molar-refractivity contribution in [2.75, 3.05) is 13.9 Å². The van der Waals surface area contributed by atoms with Gasteiger partial charge in [0, 0.05) is 12.7 Å². The van der Waals surface area contributed by atoms with Gasteiger partial charge in [-0.1, -0.05) is 37.1 Å². The molecular formula is C21H22F6O3. The molecule has 0 bridgehead atoms. The van der Waals surface area contributed by atoms with Crippen LogP contribution in [0, 0.1) is 6.92 Å². The van der Waals surface area contributed by atoms with Crippen LogP contribution in [-0.4, -0.2) is 26.3 Å². The van der Waals surface area contributed by atoms with Gasteiger partial charge in [0.1, 0.15) is 18.3 Å². The van der Waals surface area contributed by atoms with E-state index in [9.17, 15) is 26.3 Å². The van der Waals surface area contributed by atoms with Gasteiger partial charge in [0.2, 0.25) is 0 Å². The maximum absolute atomic E-state index is 13.8. The van der Waals surface area contributed by atoms with E-state index in [1.165, 1.54) is 0 Å². The molecule has 0 atom stereocenters. The molecule has 0 aliphatic heterocycles. The number of aryl methyl sites for hydroxylation is 2. The van der Waals surface area contributed by atoms with E-state index in [1.54, 1.807) is 31.2 Å². The van der Waals surface area contributed by atoms with Crippen LogP contribution in [0.2, 0.25) is 0 Å². The van der Waals surface area contributed by atoms with Crippen LogP contribution in [0.15, 0.2) is 42.5 Å². The molecular weight excluding hydrogens is 414 g/mol. The summed E-state index contributed by atoms with van der Waals surface area (Å²) in [7, 11) is 0.943.